The van der Waals surface area contributed by atoms with Crippen LogP contribution in [0.4, 0.5) is 0 Å². The van der Waals surface area contributed by atoms with Crippen LogP contribution in [0.25, 0.3) is 44.1 Å². The van der Waals surface area contributed by atoms with Crippen LogP contribution >= 0.6 is 0 Å². The second kappa shape index (κ2) is 12.9. The molecule has 0 bridgehead atoms. The summed E-state index contributed by atoms with van der Waals surface area (Å²) in [6.07, 6.45) is 3.21. The van der Waals surface area contributed by atoms with Crippen LogP contribution in [0.3, 0.4) is 0 Å². The van der Waals surface area contributed by atoms with Gasteiger partial charge in [0, 0.05) is 54.3 Å². The van der Waals surface area contributed by atoms with Gasteiger partial charge in [-0.05, 0) is 47.2 Å². The minimum atomic E-state index is -0.417. The van der Waals surface area contributed by atoms with Crippen LogP contribution < -0.4 is 0 Å². The molecule has 4 nitrogen and oxygen atoms in total. The first kappa shape index (κ1) is 31.9. The fourth-order valence-corrected chi connectivity index (χ4v) is 4.16. The van der Waals surface area contributed by atoms with Crippen LogP contribution in [-0.4, -0.2) is 20.9 Å². The van der Waals surface area contributed by atoms with Crippen molar-refractivity contribution in [3.63, 3.8) is 0 Å². The van der Waals surface area contributed by atoms with Crippen LogP contribution in [0.5, 0.6) is 0 Å². The Morgan fingerprint density at radius 1 is 0.805 bits per heavy atom. The van der Waals surface area contributed by atoms with E-state index in [1.807, 2.05) is 66.8 Å². The standard InChI is InChI=1S/C25H17N2.C11H20O2.Ir/c1-17-10-11-22-21-14-15-26-25(23(21)12-13-24(22)27-17)20-9-5-8-19(16-20)18-6-3-2-4-7-18;1-10(2,3)8(12)7-9(13)11(4,5)6;/h2-8,10-16H,1H3;7,12H,1-6H3;/q-1;;/b;8-7-;. The molecule has 0 aliphatic carbocycles. The zero-order valence-corrected chi connectivity index (χ0v) is 27.1. The third kappa shape index (κ3) is 7.75. The summed E-state index contributed by atoms with van der Waals surface area (Å²) in [7, 11) is 0. The largest absolute Gasteiger partial charge is 0.512 e. The fraction of sp³-hybridized carbons (Fsp3) is 0.250. The van der Waals surface area contributed by atoms with Gasteiger partial charge in [0.25, 0.3) is 0 Å². The number of hydrogen-bond acceptors (Lipinski definition) is 4. The molecular formula is C36H37IrN2O2-. The summed E-state index contributed by atoms with van der Waals surface area (Å²) in [4.78, 5) is 20.8. The average Bonchev–Trinajstić information content (AvgIpc) is 2.92. The van der Waals surface area contributed by atoms with E-state index in [1.54, 1.807) is 0 Å². The fourth-order valence-electron chi connectivity index (χ4n) is 4.16. The zero-order chi connectivity index (χ0) is 29.1. The van der Waals surface area contributed by atoms with Crippen molar-refractivity contribution < 1.29 is 30.0 Å². The van der Waals surface area contributed by atoms with Crippen molar-refractivity contribution in [3.05, 3.63) is 109 Å². The van der Waals surface area contributed by atoms with E-state index in [1.165, 1.54) is 22.6 Å². The van der Waals surface area contributed by atoms with Crippen molar-refractivity contribution in [2.24, 2.45) is 10.8 Å². The molecule has 5 aromatic rings. The Balaban J connectivity index is 0.000000284. The number of aliphatic hydroxyl groups excluding tert-OH is 1. The molecule has 0 saturated heterocycles. The van der Waals surface area contributed by atoms with Crippen LogP contribution in [0.2, 0.25) is 0 Å². The van der Waals surface area contributed by atoms with Crippen LogP contribution in [0.15, 0.2) is 96.9 Å². The molecule has 5 rings (SSSR count). The smallest absolute Gasteiger partial charge is 0.164 e. The van der Waals surface area contributed by atoms with E-state index >= 15 is 0 Å². The van der Waals surface area contributed by atoms with Crippen molar-refractivity contribution >= 4 is 27.5 Å². The number of aliphatic hydroxyl groups is 1. The number of ketones is 1. The molecule has 0 fully saturated rings. The molecule has 0 aliphatic heterocycles. The van der Waals surface area contributed by atoms with E-state index < -0.39 is 5.41 Å². The summed E-state index contributed by atoms with van der Waals surface area (Å²) in [6.45, 7) is 13.1. The van der Waals surface area contributed by atoms with Gasteiger partial charge in [-0.15, -0.1) is 35.4 Å². The summed E-state index contributed by atoms with van der Waals surface area (Å²) >= 11 is 0. The number of allylic oxidation sites excluding steroid dienone is 2. The molecule has 0 saturated carbocycles. The van der Waals surface area contributed by atoms with E-state index in [4.69, 9.17) is 0 Å². The minimum Gasteiger partial charge on any atom is -0.512 e. The van der Waals surface area contributed by atoms with Gasteiger partial charge < -0.3 is 10.1 Å². The Labute approximate surface area is 256 Å². The van der Waals surface area contributed by atoms with E-state index in [2.05, 4.69) is 82.8 Å². The zero-order valence-electron chi connectivity index (χ0n) is 24.7. The molecule has 1 radical (unpaired) electrons. The molecule has 213 valence electrons. The number of benzene rings is 3. The number of pyridine rings is 2. The predicted octanol–water partition coefficient (Wildman–Crippen LogP) is 9.31. The number of fused-ring (bicyclic) bond motifs is 3. The maximum absolute atomic E-state index is 11.5. The van der Waals surface area contributed by atoms with E-state index in [-0.39, 0.29) is 37.1 Å². The van der Waals surface area contributed by atoms with E-state index in [9.17, 15) is 9.90 Å². The minimum absolute atomic E-state index is 0. The quantitative estimate of drug-likeness (QED) is 0.0874. The van der Waals surface area contributed by atoms with Crippen molar-refractivity contribution in [3.8, 4) is 22.4 Å². The number of rotatable bonds is 3. The first-order valence-electron chi connectivity index (χ1n) is 13.5. The average molecular weight is 722 g/mol. The SMILES string of the molecule is CC(C)(C)C(=O)/C=C(\O)C(C)(C)C.Cc1ccc2c(ccc3c(-c4[c-]ccc(-c5ccccc5)c4)nccc32)n1.[Ir]. The second-order valence-electron chi connectivity index (χ2n) is 12.1. The molecule has 0 amide bonds. The van der Waals surface area contributed by atoms with Gasteiger partial charge in [-0.1, -0.05) is 84.0 Å². The van der Waals surface area contributed by atoms with Crippen LogP contribution in [-0.2, 0) is 24.9 Å². The Hall–Kier alpha value is -3.66. The number of hydrogen-bond donors (Lipinski definition) is 1. The summed E-state index contributed by atoms with van der Waals surface area (Å²) in [5.74, 6) is 0.104. The van der Waals surface area contributed by atoms with Crippen LogP contribution in [0, 0.1) is 23.8 Å². The van der Waals surface area contributed by atoms with E-state index in [0.29, 0.717) is 0 Å². The Bertz CT molecular complexity index is 1690. The summed E-state index contributed by atoms with van der Waals surface area (Å²) in [5.41, 5.74) is 5.59. The first-order chi connectivity index (χ1) is 18.8. The summed E-state index contributed by atoms with van der Waals surface area (Å²) in [6, 6.07) is 30.5. The number of carbonyl (C=O) groups excluding carboxylic acids is 1. The van der Waals surface area contributed by atoms with Gasteiger partial charge in [0.05, 0.1) is 5.52 Å². The van der Waals surface area contributed by atoms with Crippen LogP contribution in [0.1, 0.15) is 47.2 Å². The Kier molecular flexibility index (Phi) is 10.0. The molecular weight excluding hydrogens is 685 g/mol. The van der Waals surface area contributed by atoms with Crippen molar-refractivity contribution in [2.45, 2.75) is 48.5 Å². The Morgan fingerprint density at radius 2 is 1.49 bits per heavy atom. The molecule has 0 spiro atoms. The van der Waals surface area contributed by atoms with Crippen molar-refractivity contribution in [1.82, 2.24) is 9.97 Å². The third-order valence-corrected chi connectivity index (χ3v) is 6.69. The summed E-state index contributed by atoms with van der Waals surface area (Å²) < 4.78 is 0. The molecule has 2 heterocycles. The third-order valence-electron chi connectivity index (χ3n) is 6.69. The number of aryl methyl sites for hydroxylation is 1. The van der Waals surface area contributed by atoms with Gasteiger partial charge in [-0.2, -0.15) is 0 Å². The van der Waals surface area contributed by atoms with E-state index in [0.717, 1.165) is 33.2 Å². The van der Waals surface area contributed by atoms with Gasteiger partial charge in [-0.3, -0.25) is 9.78 Å². The summed E-state index contributed by atoms with van der Waals surface area (Å²) in [5, 5.41) is 13.0. The maximum Gasteiger partial charge on any atom is 0.164 e. The molecule has 0 unspecified atom stereocenters. The molecule has 41 heavy (non-hydrogen) atoms. The second-order valence-corrected chi connectivity index (χ2v) is 12.1. The molecule has 5 heteroatoms. The number of aromatic nitrogens is 2. The predicted molar refractivity (Wildman–Crippen MR) is 166 cm³/mol. The Morgan fingerprint density at radius 3 is 2.15 bits per heavy atom. The van der Waals surface area contributed by atoms with Gasteiger partial charge in [0.2, 0.25) is 0 Å². The number of carbonyl (C=O) groups is 1. The topological polar surface area (TPSA) is 63.1 Å². The van der Waals surface area contributed by atoms with Gasteiger partial charge in [0.15, 0.2) is 5.78 Å². The van der Waals surface area contributed by atoms with Crippen molar-refractivity contribution in [1.29, 1.82) is 0 Å². The van der Waals surface area contributed by atoms with Gasteiger partial charge in [0.1, 0.15) is 5.76 Å². The molecule has 3 aromatic carbocycles. The molecule has 0 aliphatic rings. The van der Waals surface area contributed by atoms with Crippen molar-refractivity contribution in [2.75, 3.05) is 0 Å². The maximum atomic E-state index is 11.5. The molecule has 2 aromatic heterocycles. The number of nitrogens with zero attached hydrogens (tertiary/aromatic N) is 2. The molecule has 1 N–H and O–H groups in total. The van der Waals surface area contributed by atoms with Gasteiger partial charge >= 0.3 is 0 Å². The normalized spacial score (nSPS) is 11.9. The molecule has 0 atom stereocenters. The monoisotopic (exact) mass is 722 g/mol. The van der Waals surface area contributed by atoms with Gasteiger partial charge in [-0.25, -0.2) is 0 Å². The first-order valence-corrected chi connectivity index (χ1v) is 13.5.